The Balaban J connectivity index is 1.50. The first-order valence-corrected chi connectivity index (χ1v) is 10.5. The summed E-state index contributed by atoms with van der Waals surface area (Å²) in [4.78, 5) is 17.2. The van der Waals surface area contributed by atoms with Gasteiger partial charge >= 0.3 is 0 Å². The average molecular weight is 409 g/mol. The molecule has 1 spiro atoms. The number of nitrogens with zero attached hydrogens (tertiary/aromatic N) is 3. The van der Waals surface area contributed by atoms with Crippen molar-refractivity contribution >= 4 is 5.91 Å². The second-order valence-corrected chi connectivity index (χ2v) is 8.29. The topological polar surface area (TPSA) is 47.3 Å². The molecule has 2 fully saturated rings. The van der Waals surface area contributed by atoms with Crippen molar-refractivity contribution in [2.45, 2.75) is 44.2 Å². The molecule has 156 valence electrons. The molecule has 6 heteroatoms. The Bertz CT molecular complexity index is 987. The zero-order chi connectivity index (χ0) is 21.1. The highest BCUT2D eigenvalue weighted by atomic mass is 19.1. The maximum atomic E-state index is 14.2. The summed E-state index contributed by atoms with van der Waals surface area (Å²) in [7, 11) is 0. The molecular weight excluding hydrogens is 384 g/mol. The Labute approximate surface area is 175 Å². The summed E-state index contributed by atoms with van der Waals surface area (Å²) < 4.78 is 27.8. The fourth-order valence-corrected chi connectivity index (χ4v) is 5.00. The van der Waals surface area contributed by atoms with E-state index in [0.29, 0.717) is 36.3 Å². The number of nitriles is 1. The molecule has 2 aromatic rings. The number of amides is 1. The number of halogens is 2. The zero-order valence-corrected chi connectivity index (χ0v) is 16.9. The van der Waals surface area contributed by atoms with E-state index in [0.717, 1.165) is 44.7 Å². The third-order valence-electron chi connectivity index (χ3n) is 6.59. The number of rotatable bonds is 3. The summed E-state index contributed by atoms with van der Waals surface area (Å²) in [5.74, 6) is -0.907. The summed E-state index contributed by atoms with van der Waals surface area (Å²) in [6, 6.07) is 12.6. The lowest BCUT2D eigenvalue weighted by atomic mass is 9.87. The monoisotopic (exact) mass is 409 g/mol. The Morgan fingerprint density at radius 2 is 1.80 bits per heavy atom. The molecule has 4 rings (SSSR count). The van der Waals surface area contributed by atoms with Crippen LogP contribution in [-0.2, 0) is 6.54 Å². The van der Waals surface area contributed by atoms with E-state index in [9.17, 15) is 18.8 Å². The van der Waals surface area contributed by atoms with Gasteiger partial charge < -0.3 is 4.90 Å². The molecule has 0 aromatic heterocycles. The van der Waals surface area contributed by atoms with Crippen LogP contribution >= 0.6 is 0 Å². The van der Waals surface area contributed by atoms with Crippen LogP contribution in [0.15, 0.2) is 42.5 Å². The molecule has 1 amide bonds. The predicted molar refractivity (Wildman–Crippen MR) is 110 cm³/mol. The van der Waals surface area contributed by atoms with Crippen molar-refractivity contribution in [1.82, 2.24) is 9.80 Å². The molecule has 30 heavy (non-hydrogen) atoms. The fourth-order valence-electron chi connectivity index (χ4n) is 5.00. The van der Waals surface area contributed by atoms with Crippen LogP contribution < -0.4 is 0 Å². The highest BCUT2D eigenvalue weighted by Crippen LogP contribution is 2.39. The van der Waals surface area contributed by atoms with E-state index in [1.807, 2.05) is 4.90 Å². The van der Waals surface area contributed by atoms with Crippen LogP contribution in [0.1, 0.15) is 53.6 Å². The highest BCUT2D eigenvalue weighted by Gasteiger charge is 2.42. The first-order chi connectivity index (χ1) is 14.5. The maximum Gasteiger partial charge on any atom is 0.255 e. The van der Waals surface area contributed by atoms with Crippen LogP contribution in [0, 0.1) is 23.0 Å². The molecule has 0 aliphatic carbocycles. The van der Waals surface area contributed by atoms with E-state index in [1.165, 1.54) is 12.1 Å². The smallest absolute Gasteiger partial charge is 0.255 e. The van der Waals surface area contributed by atoms with Crippen LogP contribution in [0.5, 0.6) is 0 Å². The normalized spacial score (nSPS) is 22.1. The van der Waals surface area contributed by atoms with Crippen LogP contribution in [-0.4, -0.2) is 40.9 Å². The standard InChI is InChI=1S/C24H25F2N3O/c25-20-7-8-22(26)19(15-20)17-29-13-4-10-24(29)9-3-12-28(14-11-24)23(30)21-6-2-1-5-18(21)16-27/h1-2,5-8,15H,3-4,9-14,17H2/t24-/m1/s1. The first-order valence-electron chi connectivity index (χ1n) is 10.5. The van der Waals surface area contributed by atoms with Crippen molar-refractivity contribution in [2.75, 3.05) is 19.6 Å². The highest BCUT2D eigenvalue weighted by molar-refractivity contribution is 5.96. The van der Waals surface area contributed by atoms with E-state index in [-0.39, 0.29) is 17.3 Å². The SMILES string of the molecule is N#Cc1ccccc1C(=O)N1CCC[C@@]2(CCCN2Cc2cc(F)ccc2F)CC1. The Hall–Kier alpha value is -2.78. The van der Waals surface area contributed by atoms with Gasteiger partial charge in [-0.3, -0.25) is 9.69 Å². The molecule has 2 aliphatic heterocycles. The molecule has 4 nitrogen and oxygen atoms in total. The molecule has 2 aromatic carbocycles. The van der Waals surface area contributed by atoms with Crippen molar-refractivity contribution < 1.29 is 13.6 Å². The van der Waals surface area contributed by atoms with Gasteiger partial charge in [0.15, 0.2) is 0 Å². The third kappa shape index (κ3) is 3.95. The van der Waals surface area contributed by atoms with Crippen molar-refractivity contribution in [1.29, 1.82) is 5.26 Å². The van der Waals surface area contributed by atoms with Crippen LogP contribution in [0.2, 0.25) is 0 Å². The molecular formula is C24H25F2N3O. The number of likely N-dealkylation sites (tertiary alicyclic amines) is 2. The molecule has 0 unspecified atom stereocenters. The number of hydrogen-bond donors (Lipinski definition) is 0. The second kappa shape index (κ2) is 8.53. The lowest BCUT2D eigenvalue weighted by molar-refractivity contribution is 0.0737. The van der Waals surface area contributed by atoms with Gasteiger partial charge in [0.1, 0.15) is 11.6 Å². The second-order valence-electron chi connectivity index (χ2n) is 8.29. The van der Waals surface area contributed by atoms with Gasteiger partial charge in [-0.2, -0.15) is 5.26 Å². The molecule has 0 N–H and O–H groups in total. The van der Waals surface area contributed by atoms with Gasteiger partial charge in [0.25, 0.3) is 5.91 Å². The largest absolute Gasteiger partial charge is 0.339 e. The molecule has 1 atom stereocenters. The van der Waals surface area contributed by atoms with Crippen LogP contribution in [0.3, 0.4) is 0 Å². The third-order valence-corrected chi connectivity index (χ3v) is 6.59. The first kappa shape index (κ1) is 20.5. The number of carbonyl (C=O) groups excluding carboxylic acids is 1. The Kier molecular flexibility index (Phi) is 5.83. The molecule has 0 saturated carbocycles. The molecule has 2 saturated heterocycles. The summed E-state index contributed by atoms with van der Waals surface area (Å²) in [5.41, 5.74) is 1.13. The van der Waals surface area contributed by atoms with Gasteiger partial charge in [-0.1, -0.05) is 12.1 Å². The van der Waals surface area contributed by atoms with E-state index in [4.69, 9.17) is 0 Å². The molecule has 2 aliphatic rings. The molecule has 0 bridgehead atoms. The maximum absolute atomic E-state index is 14.2. The number of carbonyl (C=O) groups is 1. The van der Waals surface area contributed by atoms with Gasteiger partial charge in [-0.25, -0.2) is 8.78 Å². The summed E-state index contributed by atoms with van der Waals surface area (Å²) in [5, 5.41) is 9.32. The van der Waals surface area contributed by atoms with Gasteiger partial charge in [0.2, 0.25) is 0 Å². The minimum Gasteiger partial charge on any atom is -0.339 e. The quantitative estimate of drug-likeness (QED) is 0.750. The minimum atomic E-state index is -0.423. The number of hydrogen-bond acceptors (Lipinski definition) is 3. The predicted octanol–water partition coefficient (Wildman–Crippen LogP) is 4.50. The van der Waals surface area contributed by atoms with Crippen LogP contribution in [0.25, 0.3) is 0 Å². The lowest BCUT2D eigenvalue weighted by Gasteiger charge is -2.38. The Morgan fingerprint density at radius 1 is 1.03 bits per heavy atom. The minimum absolute atomic E-state index is 0.0947. The van der Waals surface area contributed by atoms with Crippen molar-refractivity contribution in [3.63, 3.8) is 0 Å². The number of benzene rings is 2. The molecule has 2 heterocycles. The Morgan fingerprint density at radius 3 is 2.60 bits per heavy atom. The summed E-state index contributed by atoms with van der Waals surface area (Å²) in [6.45, 7) is 2.47. The van der Waals surface area contributed by atoms with Crippen LogP contribution in [0.4, 0.5) is 8.78 Å². The summed E-state index contributed by atoms with van der Waals surface area (Å²) in [6.07, 6.45) is 4.59. The van der Waals surface area contributed by atoms with E-state index < -0.39 is 5.82 Å². The van der Waals surface area contributed by atoms with Gasteiger partial charge in [0, 0.05) is 30.7 Å². The van der Waals surface area contributed by atoms with Crippen molar-refractivity contribution in [2.24, 2.45) is 0 Å². The van der Waals surface area contributed by atoms with E-state index in [2.05, 4.69) is 11.0 Å². The lowest BCUT2D eigenvalue weighted by Crippen LogP contribution is -2.44. The van der Waals surface area contributed by atoms with Gasteiger partial charge in [-0.05, 0) is 69.0 Å². The van der Waals surface area contributed by atoms with E-state index >= 15 is 0 Å². The summed E-state index contributed by atoms with van der Waals surface area (Å²) >= 11 is 0. The molecule has 0 radical (unpaired) electrons. The van der Waals surface area contributed by atoms with Gasteiger partial charge in [-0.15, -0.1) is 0 Å². The zero-order valence-electron chi connectivity index (χ0n) is 16.9. The van der Waals surface area contributed by atoms with Gasteiger partial charge in [0.05, 0.1) is 17.2 Å². The average Bonchev–Trinajstić information content (AvgIpc) is 3.00. The van der Waals surface area contributed by atoms with Crippen molar-refractivity contribution in [3.8, 4) is 6.07 Å². The van der Waals surface area contributed by atoms with E-state index in [1.54, 1.807) is 24.3 Å². The van der Waals surface area contributed by atoms with Crippen molar-refractivity contribution in [3.05, 3.63) is 70.8 Å². The fraction of sp³-hybridized carbons (Fsp3) is 0.417.